The van der Waals surface area contributed by atoms with Gasteiger partial charge in [-0.3, -0.25) is 4.99 Å². The minimum Gasteiger partial charge on any atom is -0.393 e. The number of amidine groups is 1. The highest BCUT2D eigenvalue weighted by molar-refractivity contribution is 7.11. The lowest BCUT2D eigenvalue weighted by molar-refractivity contribution is 0.0565. The molecule has 4 heterocycles. The van der Waals surface area contributed by atoms with Crippen LogP contribution in [0, 0.1) is 5.92 Å². The number of nitrogens with zero attached hydrogens (tertiary/aromatic N) is 5. The average Bonchev–Trinajstić information content (AvgIpc) is 3.32. The van der Waals surface area contributed by atoms with Gasteiger partial charge in [0.05, 0.1) is 18.3 Å². The molecule has 25 heavy (non-hydrogen) atoms. The van der Waals surface area contributed by atoms with Crippen LogP contribution in [0.2, 0.25) is 0 Å². The fourth-order valence-electron chi connectivity index (χ4n) is 3.28. The van der Waals surface area contributed by atoms with Gasteiger partial charge in [-0.2, -0.15) is 13.9 Å². The Morgan fingerprint density at radius 3 is 2.88 bits per heavy atom. The van der Waals surface area contributed by atoms with Gasteiger partial charge in [0.2, 0.25) is 0 Å². The smallest absolute Gasteiger partial charge is 0.333 e. The number of aromatic nitrogens is 3. The number of halogens is 2. The van der Waals surface area contributed by atoms with E-state index >= 15 is 0 Å². The van der Waals surface area contributed by atoms with Gasteiger partial charge in [0.25, 0.3) is 0 Å². The van der Waals surface area contributed by atoms with Gasteiger partial charge in [-0.05, 0) is 19.4 Å². The minimum absolute atomic E-state index is 0.0606. The molecule has 1 N–H and O–H groups in total. The SMILES string of the molecule is CC(O)C1CC2=C(c3ccn(C(F)F)n3)CN=C(c3nccs3)N2C1. The topological polar surface area (TPSA) is 66.5 Å². The van der Waals surface area contributed by atoms with Crippen molar-refractivity contribution in [2.75, 3.05) is 13.1 Å². The Labute approximate surface area is 147 Å². The maximum atomic E-state index is 12.8. The third-order valence-corrected chi connectivity index (χ3v) is 5.38. The van der Waals surface area contributed by atoms with E-state index in [0.717, 1.165) is 22.1 Å². The second-order valence-corrected chi connectivity index (χ2v) is 7.07. The van der Waals surface area contributed by atoms with Gasteiger partial charge in [0.1, 0.15) is 0 Å². The van der Waals surface area contributed by atoms with E-state index in [0.29, 0.717) is 29.9 Å². The number of aliphatic imine (C=N–C) groups is 1. The zero-order chi connectivity index (χ0) is 17.6. The first kappa shape index (κ1) is 16.3. The lowest BCUT2D eigenvalue weighted by Gasteiger charge is -2.27. The van der Waals surface area contributed by atoms with E-state index in [2.05, 4.69) is 20.0 Å². The van der Waals surface area contributed by atoms with E-state index in [1.54, 1.807) is 19.2 Å². The molecule has 2 aromatic rings. The summed E-state index contributed by atoms with van der Waals surface area (Å²) in [6.45, 7) is 0.106. The molecule has 2 aliphatic heterocycles. The lowest BCUT2D eigenvalue weighted by atomic mass is 9.99. The van der Waals surface area contributed by atoms with Crippen molar-refractivity contribution < 1.29 is 13.9 Å². The van der Waals surface area contributed by atoms with Crippen LogP contribution < -0.4 is 0 Å². The molecule has 2 aliphatic rings. The van der Waals surface area contributed by atoms with Crippen molar-refractivity contribution >= 4 is 22.7 Å². The number of alkyl halides is 2. The average molecular weight is 365 g/mol. The number of hydrogen-bond donors (Lipinski definition) is 1. The van der Waals surface area contributed by atoms with Crippen LogP contribution in [0.1, 0.15) is 30.6 Å². The van der Waals surface area contributed by atoms with Crippen molar-refractivity contribution in [1.82, 2.24) is 19.7 Å². The van der Waals surface area contributed by atoms with Gasteiger partial charge in [-0.25, -0.2) is 9.67 Å². The van der Waals surface area contributed by atoms with Crippen molar-refractivity contribution in [3.05, 3.63) is 40.2 Å². The quantitative estimate of drug-likeness (QED) is 0.905. The summed E-state index contributed by atoms with van der Waals surface area (Å²) in [5, 5.41) is 16.7. The van der Waals surface area contributed by atoms with Gasteiger partial charge < -0.3 is 10.0 Å². The van der Waals surface area contributed by atoms with Crippen molar-refractivity contribution in [2.24, 2.45) is 10.9 Å². The molecule has 0 bridgehead atoms. The molecule has 0 amide bonds. The molecule has 1 fully saturated rings. The van der Waals surface area contributed by atoms with Gasteiger partial charge in [-0.1, -0.05) is 0 Å². The van der Waals surface area contributed by atoms with Gasteiger partial charge in [0.15, 0.2) is 10.8 Å². The number of fused-ring (bicyclic) bond motifs is 1. The second kappa shape index (κ2) is 6.30. The van der Waals surface area contributed by atoms with E-state index in [1.807, 2.05) is 5.38 Å². The molecule has 0 aromatic carbocycles. The van der Waals surface area contributed by atoms with Crippen molar-refractivity contribution in [3.8, 4) is 0 Å². The van der Waals surface area contributed by atoms with E-state index in [1.165, 1.54) is 17.5 Å². The Bertz CT molecular complexity index is 827. The van der Waals surface area contributed by atoms with Crippen LogP contribution in [-0.2, 0) is 0 Å². The molecular weight excluding hydrogens is 348 g/mol. The summed E-state index contributed by atoms with van der Waals surface area (Å²) >= 11 is 1.51. The van der Waals surface area contributed by atoms with Crippen LogP contribution in [0.4, 0.5) is 8.78 Å². The summed E-state index contributed by atoms with van der Waals surface area (Å²) in [7, 11) is 0. The van der Waals surface area contributed by atoms with Crippen LogP contribution in [0.3, 0.4) is 0 Å². The second-order valence-electron chi connectivity index (χ2n) is 6.18. The molecule has 0 aliphatic carbocycles. The first-order chi connectivity index (χ1) is 12.0. The molecule has 0 radical (unpaired) electrons. The zero-order valence-corrected chi connectivity index (χ0v) is 14.3. The van der Waals surface area contributed by atoms with Crippen LogP contribution in [0.25, 0.3) is 5.57 Å². The van der Waals surface area contributed by atoms with Crippen LogP contribution in [0.15, 0.2) is 34.5 Å². The Morgan fingerprint density at radius 2 is 2.24 bits per heavy atom. The molecule has 2 unspecified atom stereocenters. The summed E-state index contributed by atoms with van der Waals surface area (Å²) in [6, 6.07) is 1.59. The number of aliphatic hydroxyl groups excluding tert-OH is 1. The van der Waals surface area contributed by atoms with Crippen LogP contribution in [-0.4, -0.2) is 49.8 Å². The number of allylic oxidation sites excluding steroid dienone is 1. The summed E-state index contributed by atoms with van der Waals surface area (Å²) in [4.78, 5) is 11.0. The van der Waals surface area contributed by atoms with Gasteiger partial charge in [0, 0.05) is 41.5 Å². The van der Waals surface area contributed by atoms with Crippen LogP contribution in [0.5, 0.6) is 0 Å². The first-order valence-corrected chi connectivity index (χ1v) is 8.88. The van der Waals surface area contributed by atoms with E-state index in [9.17, 15) is 13.9 Å². The maximum absolute atomic E-state index is 12.8. The van der Waals surface area contributed by atoms with E-state index in [-0.39, 0.29) is 5.92 Å². The number of rotatable bonds is 4. The summed E-state index contributed by atoms with van der Waals surface area (Å²) in [6.07, 6.45) is 3.21. The fourth-order valence-corrected chi connectivity index (χ4v) is 3.93. The summed E-state index contributed by atoms with van der Waals surface area (Å²) < 4.78 is 26.3. The monoisotopic (exact) mass is 365 g/mol. The third-order valence-electron chi connectivity index (χ3n) is 4.61. The van der Waals surface area contributed by atoms with Crippen molar-refractivity contribution in [1.29, 1.82) is 0 Å². The highest BCUT2D eigenvalue weighted by Crippen LogP contribution is 2.38. The molecule has 4 rings (SSSR count). The Kier molecular flexibility index (Phi) is 4.12. The van der Waals surface area contributed by atoms with Crippen molar-refractivity contribution in [3.63, 3.8) is 0 Å². The predicted molar refractivity (Wildman–Crippen MR) is 90.4 cm³/mol. The molecule has 132 valence electrons. The van der Waals surface area contributed by atoms with Crippen molar-refractivity contribution in [2.45, 2.75) is 26.0 Å². The molecule has 6 nitrogen and oxygen atoms in total. The molecule has 1 saturated heterocycles. The summed E-state index contributed by atoms with van der Waals surface area (Å²) in [5.74, 6) is 0.843. The Hall–Kier alpha value is -2.13. The highest BCUT2D eigenvalue weighted by atomic mass is 32.1. The lowest BCUT2D eigenvalue weighted by Crippen LogP contribution is -2.33. The molecule has 0 spiro atoms. The number of thiazole rings is 1. The number of aliphatic hydroxyl groups is 1. The molecule has 2 atom stereocenters. The van der Waals surface area contributed by atoms with Gasteiger partial charge in [-0.15, -0.1) is 11.3 Å². The first-order valence-electron chi connectivity index (χ1n) is 8.00. The third kappa shape index (κ3) is 2.87. The van der Waals surface area contributed by atoms with E-state index in [4.69, 9.17) is 0 Å². The molecule has 9 heteroatoms. The highest BCUT2D eigenvalue weighted by Gasteiger charge is 2.37. The van der Waals surface area contributed by atoms with Gasteiger partial charge >= 0.3 is 6.55 Å². The molecule has 2 aromatic heterocycles. The normalized spacial score (nSPS) is 21.7. The standard InChI is InChI=1S/C16H17F2N5OS/c1-9(24)10-6-13-11(12-2-4-23(21-12)16(17)18)7-20-14(22(13)8-10)15-19-3-5-25-15/h2-5,9-10,16,24H,6-8H2,1H3. The fraction of sp³-hybridized carbons (Fsp3) is 0.438. The van der Waals surface area contributed by atoms with Crippen LogP contribution >= 0.6 is 11.3 Å². The Morgan fingerprint density at radius 1 is 1.40 bits per heavy atom. The minimum atomic E-state index is -2.66. The molecule has 0 saturated carbocycles. The largest absolute Gasteiger partial charge is 0.393 e. The number of hydrogen-bond acceptors (Lipinski definition) is 6. The molecular formula is C16H17F2N5OS. The predicted octanol–water partition coefficient (Wildman–Crippen LogP) is 2.61. The zero-order valence-electron chi connectivity index (χ0n) is 13.5. The van der Waals surface area contributed by atoms with E-state index < -0.39 is 12.7 Å². The Balaban J connectivity index is 1.74. The summed E-state index contributed by atoms with van der Waals surface area (Å²) in [5.41, 5.74) is 2.34. The maximum Gasteiger partial charge on any atom is 0.333 e.